The maximum atomic E-state index is 13.2. The van der Waals surface area contributed by atoms with Gasteiger partial charge in [-0.25, -0.2) is 5.43 Å². The number of aliphatic hydroxyl groups is 1. The molecule has 0 aliphatic rings. The molecule has 3 aromatic rings. The Morgan fingerprint density at radius 1 is 0.794 bits per heavy atom. The number of nitrogens with one attached hydrogen (secondary N) is 1. The molecule has 0 saturated carbocycles. The predicted molar refractivity (Wildman–Crippen MR) is 137 cm³/mol. The molecule has 3 N–H and O–H groups in total. The van der Waals surface area contributed by atoms with Gasteiger partial charge in [-0.1, -0.05) is 102 Å². The lowest BCUT2D eigenvalue weighted by atomic mass is 9.78. The number of hydrogen-bond donors (Lipinski definition) is 3. The Balaban J connectivity index is 1.97. The molecule has 178 valence electrons. The van der Waals surface area contributed by atoms with Gasteiger partial charge in [-0.3, -0.25) is 4.79 Å². The van der Waals surface area contributed by atoms with E-state index in [1.165, 1.54) is 6.21 Å². The molecule has 3 aromatic carbocycles. The van der Waals surface area contributed by atoms with Gasteiger partial charge in [-0.05, 0) is 39.7 Å². The molecule has 0 aliphatic carbocycles. The quantitative estimate of drug-likeness (QED) is 0.355. The molecule has 5 nitrogen and oxygen atoms in total. The van der Waals surface area contributed by atoms with E-state index in [2.05, 4.69) is 10.5 Å². The number of phenolic OH excluding ortho intramolecular Hbond substituents is 1. The minimum Gasteiger partial charge on any atom is -0.507 e. The van der Waals surface area contributed by atoms with E-state index in [0.29, 0.717) is 11.1 Å². The number of nitrogens with zero attached hydrogens (tertiary/aromatic N) is 1. The summed E-state index contributed by atoms with van der Waals surface area (Å²) in [5.74, 6) is -0.379. The van der Waals surface area contributed by atoms with Gasteiger partial charge in [0, 0.05) is 11.1 Å². The molecule has 0 radical (unpaired) electrons. The molecular weight excluding hydrogens is 424 g/mol. The summed E-state index contributed by atoms with van der Waals surface area (Å²) in [6, 6.07) is 21.4. The van der Waals surface area contributed by atoms with Crippen LogP contribution in [-0.4, -0.2) is 22.3 Å². The number of carbonyl (C=O) groups excluding carboxylic acids is 1. The lowest BCUT2D eigenvalue weighted by molar-refractivity contribution is -0.136. The van der Waals surface area contributed by atoms with Gasteiger partial charge in [0.1, 0.15) is 5.75 Å². The maximum Gasteiger partial charge on any atom is 0.281 e. The molecule has 1 amide bonds. The number of aromatic hydroxyl groups is 1. The molecule has 0 bridgehead atoms. The summed E-state index contributed by atoms with van der Waals surface area (Å²) >= 11 is 0. The lowest BCUT2D eigenvalue weighted by Gasteiger charge is -2.28. The third-order valence-electron chi connectivity index (χ3n) is 5.84. The number of carbonyl (C=O) groups is 1. The van der Waals surface area contributed by atoms with Crippen LogP contribution in [0.1, 0.15) is 69.4 Å². The third kappa shape index (κ3) is 5.20. The number of rotatable bonds is 5. The number of benzene rings is 3. The zero-order valence-corrected chi connectivity index (χ0v) is 20.8. The van der Waals surface area contributed by atoms with Crippen LogP contribution >= 0.6 is 0 Å². The van der Waals surface area contributed by atoms with Crippen LogP contribution in [0.15, 0.2) is 77.9 Å². The first-order valence-corrected chi connectivity index (χ1v) is 11.4. The molecule has 0 aliphatic heterocycles. The third-order valence-corrected chi connectivity index (χ3v) is 5.84. The van der Waals surface area contributed by atoms with Crippen LogP contribution in [-0.2, 0) is 21.2 Å². The summed E-state index contributed by atoms with van der Waals surface area (Å²) in [5, 5.41) is 26.6. The highest BCUT2D eigenvalue weighted by Crippen LogP contribution is 2.39. The Morgan fingerprint density at radius 3 is 1.59 bits per heavy atom. The zero-order valence-electron chi connectivity index (χ0n) is 20.8. The van der Waals surface area contributed by atoms with Gasteiger partial charge in [-0.2, -0.15) is 5.10 Å². The van der Waals surface area contributed by atoms with Crippen molar-refractivity contribution in [3.63, 3.8) is 0 Å². The van der Waals surface area contributed by atoms with Gasteiger partial charge < -0.3 is 10.2 Å². The Labute approximate surface area is 202 Å². The smallest absolute Gasteiger partial charge is 0.281 e. The highest BCUT2D eigenvalue weighted by molar-refractivity contribution is 5.91. The van der Waals surface area contributed by atoms with Gasteiger partial charge in [0.05, 0.1) is 6.21 Å². The van der Waals surface area contributed by atoms with Crippen LogP contribution in [0.3, 0.4) is 0 Å². The molecule has 0 atom stereocenters. The fourth-order valence-electron chi connectivity index (χ4n) is 3.91. The SMILES string of the molecule is CC(C)(C)c1cc(/C=N\NC(=O)C(O)(c2ccccc2)c2ccccc2)cc(C(C)(C)C)c1O. The van der Waals surface area contributed by atoms with Gasteiger partial charge in [0.2, 0.25) is 0 Å². The van der Waals surface area contributed by atoms with E-state index in [1.54, 1.807) is 48.5 Å². The van der Waals surface area contributed by atoms with Crippen LogP contribution in [0.25, 0.3) is 0 Å². The normalized spacial score (nSPS) is 12.7. The summed E-state index contributed by atoms with van der Waals surface area (Å²) in [5.41, 5.74) is 3.31. The molecule has 5 heteroatoms. The van der Waals surface area contributed by atoms with Crippen LogP contribution < -0.4 is 5.43 Å². The summed E-state index contributed by atoms with van der Waals surface area (Å²) < 4.78 is 0. The van der Waals surface area contributed by atoms with Crippen molar-refractivity contribution in [2.75, 3.05) is 0 Å². The lowest BCUT2D eigenvalue weighted by Crippen LogP contribution is -2.43. The number of hydrogen-bond acceptors (Lipinski definition) is 4. The van der Waals surface area contributed by atoms with E-state index in [-0.39, 0.29) is 16.6 Å². The molecule has 0 spiro atoms. The molecule has 0 unspecified atom stereocenters. The summed E-state index contributed by atoms with van der Waals surface area (Å²) in [7, 11) is 0. The van der Waals surface area contributed by atoms with E-state index in [1.807, 2.05) is 65.8 Å². The second kappa shape index (κ2) is 9.43. The topological polar surface area (TPSA) is 81.9 Å². The van der Waals surface area contributed by atoms with Gasteiger partial charge in [-0.15, -0.1) is 0 Å². The predicted octanol–water partition coefficient (Wildman–Crippen LogP) is 5.37. The minimum atomic E-state index is -1.90. The van der Waals surface area contributed by atoms with Crippen molar-refractivity contribution in [2.45, 2.75) is 58.0 Å². The van der Waals surface area contributed by atoms with E-state index < -0.39 is 11.5 Å². The van der Waals surface area contributed by atoms with E-state index in [9.17, 15) is 15.0 Å². The Kier molecular flexibility index (Phi) is 6.99. The summed E-state index contributed by atoms with van der Waals surface area (Å²) in [6.45, 7) is 12.2. The largest absolute Gasteiger partial charge is 0.507 e. The average Bonchev–Trinajstić information content (AvgIpc) is 2.79. The van der Waals surface area contributed by atoms with Crippen molar-refractivity contribution in [1.29, 1.82) is 0 Å². The van der Waals surface area contributed by atoms with Crippen molar-refractivity contribution >= 4 is 12.1 Å². The fourth-order valence-corrected chi connectivity index (χ4v) is 3.91. The van der Waals surface area contributed by atoms with Crippen molar-refractivity contribution in [3.05, 3.63) is 101 Å². The molecular formula is C29H34N2O3. The standard InChI is InChI=1S/C29H34N2O3/c1-27(2,3)23-17-20(18-24(25(23)32)28(4,5)6)19-30-31-26(33)29(34,21-13-9-7-10-14-21)22-15-11-8-12-16-22/h7-19,32,34H,1-6H3,(H,31,33)/b30-19-. The van der Waals surface area contributed by atoms with Crippen molar-refractivity contribution < 1.29 is 15.0 Å². The monoisotopic (exact) mass is 458 g/mol. The first-order chi connectivity index (χ1) is 15.8. The first-order valence-electron chi connectivity index (χ1n) is 11.4. The highest BCUT2D eigenvalue weighted by atomic mass is 16.3. The average molecular weight is 459 g/mol. The number of phenols is 1. The van der Waals surface area contributed by atoms with E-state index in [0.717, 1.165) is 16.7 Å². The van der Waals surface area contributed by atoms with Crippen LogP contribution in [0, 0.1) is 0 Å². The van der Waals surface area contributed by atoms with E-state index >= 15 is 0 Å². The Morgan fingerprint density at radius 2 is 1.21 bits per heavy atom. The van der Waals surface area contributed by atoms with Crippen LogP contribution in [0.2, 0.25) is 0 Å². The molecule has 3 rings (SSSR count). The summed E-state index contributed by atoms with van der Waals surface area (Å²) in [4.78, 5) is 13.2. The summed E-state index contributed by atoms with van der Waals surface area (Å²) in [6.07, 6.45) is 1.54. The van der Waals surface area contributed by atoms with Gasteiger partial charge in [0.25, 0.3) is 5.91 Å². The second-order valence-electron chi connectivity index (χ2n) is 10.6. The van der Waals surface area contributed by atoms with Gasteiger partial charge in [0.15, 0.2) is 5.60 Å². The molecule has 0 aromatic heterocycles. The molecule has 0 fully saturated rings. The van der Waals surface area contributed by atoms with E-state index in [4.69, 9.17) is 0 Å². The van der Waals surface area contributed by atoms with Crippen LogP contribution in [0.5, 0.6) is 5.75 Å². The van der Waals surface area contributed by atoms with Crippen molar-refractivity contribution in [1.82, 2.24) is 5.43 Å². The minimum absolute atomic E-state index is 0.280. The number of amides is 1. The molecule has 0 heterocycles. The Hall–Kier alpha value is -3.44. The van der Waals surface area contributed by atoms with Crippen LogP contribution in [0.4, 0.5) is 0 Å². The second-order valence-corrected chi connectivity index (χ2v) is 10.6. The zero-order chi connectivity index (χ0) is 25.1. The van der Waals surface area contributed by atoms with Crippen molar-refractivity contribution in [3.8, 4) is 5.75 Å². The molecule has 34 heavy (non-hydrogen) atoms. The van der Waals surface area contributed by atoms with Gasteiger partial charge >= 0.3 is 0 Å². The number of hydrazone groups is 1. The maximum absolute atomic E-state index is 13.2. The fraction of sp³-hybridized carbons (Fsp3) is 0.310. The Bertz CT molecular complexity index is 1100. The first kappa shape index (κ1) is 25.2. The highest BCUT2D eigenvalue weighted by Gasteiger charge is 2.39. The molecule has 0 saturated heterocycles. The van der Waals surface area contributed by atoms with Crippen molar-refractivity contribution in [2.24, 2.45) is 5.10 Å².